The van der Waals surface area contributed by atoms with Gasteiger partial charge in [0.1, 0.15) is 0 Å². The van der Waals surface area contributed by atoms with Crippen LogP contribution in [0.25, 0.3) is 0 Å². The maximum atomic E-state index is 12.1. The van der Waals surface area contributed by atoms with Crippen LogP contribution in [-0.2, 0) is 0 Å². The van der Waals surface area contributed by atoms with Crippen LogP contribution < -0.4 is 0 Å². The van der Waals surface area contributed by atoms with Crippen molar-refractivity contribution in [2.45, 2.75) is 32.6 Å². The molecule has 15 heavy (non-hydrogen) atoms. The molecular weight excluding hydrogens is 186 g/mol. The highest BCUT2D eigenvalue weighted by Crippen LogP contribution is 2.30. The number of aromatic nitrogens is 1. The average Bonchev–Trinajstić information content (AvgIpc) is 2.29. The molecule has 0 saturated heterocycles. The lowest BCUT2D eigenvalue weighted by molar-refractivity contribution is 0.0868. The molecule has 2 unspecified atom stereocenters. The number of nitrogens with zero attached hydrogens (tertiary/aromatic N) is 1. The first-order chi connectivity index (χ1) is 7.27. The molecule has 0 amide bonds. The van der Waals surface area contributed by atoms with Crippen LogP contribution in [0.2, 0.25) is 0 Å². The van der Waals surface area contributed by atoms with Crippen molar-refractivity contribution in [1.29, 1.82) is 0 Å². The van der Waals surface area contributed by atoms with Crippen LogP contribution in [-0.4, -0.2) is 10.8 Å². The van der Waals surface area contributed by atoms with Gasteiger partial charge in [-0.1, -0.05) is 19.8 Å². The van der Waals surface area contributed by atoms with E-state index in [1.165, 1.54) is 12.8 Å². The van der Waals surface area contributed by atoms with Crippen molar-refractivity contribution < 1.29 is 4.79 Å². The number of pyridine rings is 1. The molecule has 2 nitrogen and oxygen atoms in total. The fourth-order valence-corrected chi connectivity index (χ4v) is 2.42. The topological polar surface area (TPSA) is 30.0 Å². The number of ketones is 1. The van der Waals surface area contributed by atoms with Gasteiger partial charge in [0.05, 0.1) is 0 Å². The minimum atomic E-state index is 0.246. The fraction of sp³-hybridized carbons (Fsp3) is 0.538. The van der Waals surface area contributed by atoms with Crippen LogP contribution in [0.3, 0.4) is 0 Å². The van der Waals surface area contributed by atoms with Crippen molar-refractivity contribution in [3.63, 3.8) is 0 Å². The van der Waals surface area contributed by atoms with Gasteiger partial charge in [-0.05, 0) is 30.9 Å². The van der Waals surface area contributed by atoms with Crippen molar-refractivity contribution >= 4 is 5.78 Å². The van der Waals surface area contributed by atoms with Gasteiger partial charge in [0, 0.05) is 23.9 Å². The summed E-state index contributed by atoms with van der Waals surface area (Å²) >= 11 is 0. The quantitative estimate of drug-likeness (QED) is 0.691. The van der Waals surface area contributed by atoms with Gasteiger partial charge in [0.15, 0.2) is 5.78 Å². The highest BCUT2D eigenvalue weighted by atomic mass is 16.1. The van der Waals surface area contributed by atoms with E-state index in [4.69, 9.17) is 0 Å². The second-order valence-electron chi connectivity index (χ2n) is 4.57. The van der Waals surface area contributed by atoms with Crippen molar-refractivity contribution in [2.24, 2.45) is 11.8 Å². The molecule has 2 atom stereocenters. The third kappa shape index (κ3) is 2.44. The maximum absolute atomic E-state index is 12.1. The summed E-state index contributed by atoms with van der Waals surface area (Å²) in [6.45, 7) is 2.24. The molecule has 1 aromatic rings. The Morgan fingerprint density at radius 2 is 2.07 bits per heavy atom. The summed E-state index contributed by atoms with van der Waals surface area (Å²) in [6.07, 6.45) is 7.98. The van der Waals surface area contributed by atoms with Gasteiger partial charge in [-0.3, -0.25) is 9.78 Å². The minimum Gasteiger partial charge on any atom is -0.294 e. The maximum Gasteiger partial charge on any atom is 0.166 e. The van der Waals surface area contributed by atoms with E-state index in [1.807, 2.05) is 12.1 Å². The molecule has 0 aliphatic heterocycles. The van der Waals surface area contributed by atoms with Gasteiger partial charge < -0.3 is 0 Å². The number of carbonyl (C=O) groups is 1. The second-order valence-corrected chi connectivity index (χ2v) is 4.57. The Hall–Kier alpha value is -1.18. The minimum absolute atomic E-state index is 0.246. The molecule has 1 aliphatic rings. The Morgan fingerprint density at radius 3 is 2.73 bits per heavy atom. The van der Waals surface area contributed by atoms with E-state index >= 15 is 0 Å². The van der Waals surface area contributed by atoms with Gasteiger partial charge in [-0.25, -0.2) is 0 Å². The van der Waals surface area contributed by atoms with Gasteiger partial charge in [-0.2, -0.15) is 0 Å². The first kappa shape index (κ1) is 10.3. The van der Waals surface area contributed by atoms with E-state index in [1.54, 1.807) is 12.4 Å². The van der Waals surface area contributed by atoms with Gasteiger partial charge in [0.25, 0.3) is 0 Å². The second kappa shape index (κ2) is 4.56. The molecule has 1 saturated carbocycles. The Morgan fingerprint density at radius 1 is 1.33 bits per heavy atom. The Labute approximate surface area is 90.7 Å². The average molecular weight is 203 g/mol. The van der Waals surface area contributed by atoms with Crippen LogP contribution in [0, 0.1) is 11.8 Å². The number of Topliss-reactive ketones (excluding diaryl/α,β-unsaturated/α-hetero) is 1. The van der Waals surface area contributed by atoms with E-state index in [2.05, 4.69) is 11.9 Å². The molecule has 1 aliphatic carbocycles. The molecule has 0 spiro atoms. The van der Waals surface area contributed by atoms with Crippen LogP contribution in [0.5, 0.6) is 0 Å². The molecule has 0 bridgehead atoms. The van der Waals surface area contributed by atoms with Gasteiger partial charge in [0.2, 0.25) is 0 Å². The lowest BCUT2D eigenvalue weighted by Crippen LogP contribution is -2.21. The van der Waals surface area contributed by atoms with E-state index in [9.17, 15) is 4.79 Å². The van der Waals surface area contributed by atoms with Crippen LogP contribution in [0.4, 0.5) is 0 Å². The number of carbonyl (C=O) groups excluding carboxylic acids is 1. The summed E-state index contributed by atoms with van der Waals surface area (Å²) in [7, 11) is 0. The van der Waals surface area contributed by atoms with Gasteiger partial charge in [-0.15, -0.1) is 0 Å². The zero-order chi connectivity index (χ0) is 10.7. The summed E-state index contributed by atoms with van der Waals surface area (Å²) in [4.78, 5) is 16.1. The first-order valence-corrected chi connectivity index (χ1v) is 5.71. The Balaban J connectivity index is 2.08. The number of rotatable bonds is 2. The Bertz CT molecular complexity index is 334. The lowest BCUT2D eigenvalue weighted by atomic mass is 9.79. The largest absolute Gasteiger partial charge is 0.294 e. The number of hydrogen-bond donors (Lipinski definition) is 0. The molecule has 1 heterocycles. The predicted octanol–water partition coefficient (Wildman–Crippen LogP) is 3.09. The molecule has 2 heteroatoms. The highest BCUT2D eigenvalue weighted by Gasteiger charge is 2.25. The van der Waals surface area contributed by atoms with Crippen molar-refractivity contribution in [1.82, 2.24) is 4.98 Å². The standard InChI is InChI=1S/C13H17NO/c1-10-3-2-4-12(9-10)13(15)11-5-7-14-8-6-11/h5-8,10,12H,2-4,9H2,1H3. The Kier molecular flexibility index (Phi) is 3.14. The smallest absolute Gasteiger partial charge is 0.166 e. The summed E-state index contributed by atoms with van der Waals surface area (Å²) in [5, 5.41) is 0. The molecule has 1 aromatic heterocycles. The predicted molar refractivity (Wildman–Crippen MR) is 59.7 cm³/mol. The van der Waals surface area contributed by atoms with E-state index in [0.29, 0.717) is 11.7 Å². The van der Waals surface area contributed by atoms with Crippen LogP contribution in [0.1, 0.15) is 43.0 Å². The zero-order valence-corrected chi connectivity index (χ0v) is 9.15. The third-order valence-electron chi connectivity index (χ3n) is 3.27. The highest BCUT2D eigenvalue weighted by molar-refractivity contribution is 5.97. The fourth-order valence-electron chi connectivity index (χ4n) is 2.42. The van der Waals surface area contributed by atoms with E-state index < -0.39 is 0 Å². The van der Waals surface area contributed by atoms with Crippen molar-refractivity contribution in [3.8, 4) is 0 Å². The summed E-state index contributed by atoms with van der Waals surface area (Å²) in [5.41, 5.74) is 0.823. The monoisotopic (exact) mass is 203 g/mol. The van der Waals surface area contributed by atoms with E-state index in [0.717, 1.165) is 18.4 Å². The summed E-state index contributed by atoms with van der Waals surface area (Å²) in [5.74, 6) is 1.26. The first-order valence-electron chi connectivity index (χ1n) is 5.71. The normalized spacial score (nSPS) is 26.2. The number of hydrogen-bond acceptors (Lipinski definition) is 2. The van der Waals surface area contributed by atoms with Crippen molar-refractivity contribution in [3.05, 3.63) is 30.1 Å². The lowest BCUT2D eigenvalue weighted by Gasteiger charge is -2.25. The zero-order valence-electron chi connectivity index (χ0n) is 9.15. The van der Waals surface area contributed by atoms with E-state index in [-0.39, 0.29) is 5.92 Å². The molecule has 1 fully saturated rings. The molecule has 0 radical (unpaired) electrons. The van der Waals surface area contributed by atoms with Crippen LogP contribution in [0.15, 0.2) is 24.5 Å². The van der Waals surface area contributed by atoms with Gasteiger partial charge >= 0.3 is 0 Å². The van der Waals surface area contributed by atoms with Crippen molar-refractivity contribution in [2.75, 3.05) is 0 Å². The van der Waals surface area contributed by atoms with Crippen LogP contribution >= 0.6 is 0 Å². The third-order valence-corrected chi connectivity index (χ3v) is 3.27. The summed E-state index contributed by atoms with van der Waals surface area (Å²) in [6, 6.07) is 3.64. The molecular formula is C13H17NO. The molecule has 80 valence electrons. The molecule has 2 rings (SSSR count). The SMILES string of the molecule is CC1CCCC(C(=O)c2ccncc2)C1. The molecule has 0 aromatic carbocycles. The summed E-state index contributed by atoms with van der Waals surface area (Å²) < 4.78 is 0. The molecule has 0 N–H and O–H groups in total.